The second-order valence-electron chi connectivity index (χ2n) is 7.47. The zero-order valence-corrected chi connectivity index (χ0v) is 18.0. The maximum atomic E-state index is 6.46. The minimum atomic E-state index is -2.80. The van der Waals surface area contributed by atoms with Gasteiger partial charge >= 0.3 is 0 Å². The van der Waals surface area contributed by atoms with Crippen LogP contribution in [0.15, 0.2) is 13.5 Å². The molecule has 12 heteroatoms. The Morgan fingerprint density at radius 2 is 1.27 bits per heavy atom. The van der Waals surface area contributed by atoms with Crippen LogP contribution in [0.3, 0.4) is 0 Å². The molecule has 7 nitrogen and oxygen atoms in total. The first kappa shape index (κ1) is 19.4. The first-order valence-corrected chi connectivity index (χ1v) is 14.0. The Hall–Kier alpha value is 1.11. The second-order valence-corrected chi connectivity index (χ2v) is 17.4. The van der Waals surface area contributed by atoms with E-state index in [9.17, 15) is 0 Å². The fraction of sp³-hybridized carbons (Fsp3) is 1.00. The predicted octanol–water partition coefficient (Wildman–Crippen LogP) is 5.29. The van der Waals surface area contributed by atoms with Gasteiger partial charge in [-0.1, -0.05) is 0 Å². The molecular formula is C10H26Cl2N7P3. The van der Waals surface area contributed by atoms with Crippen LogP contribution < -0.4 is 20.3 Å². The fourth-order valence-electron chi connectivity index (χ4n) is 2.21. The van der Waals surface area contributed by atoms with Gasteiger partial charge in [-0.2, -0.15) is 13.5 Å². The highest BCUT2D eigenvalue weighted by molar-refractivity contribution is 8.13. The molecule has 0 bridgehead atoms. The van der Waals surface area contributed by atoms with Crippen LogP contribution in [0.2, 0.25) is 0 Å². The number of hydrogen-bond acceptors (Lipinski definition) is 7. The van der Waals surface area contributed by atoms with Crippen molar-refractivity contribution in [2.75, 3.05) is 13.1 Å². The van der Waals surface area contributed by atoms with Crippen LogP contribution in [0, 0.1) is 0 Å². The summed E-state index contributed by atoms with van der Waals surface area (Å²) in [5, 5.41) is 13.8. The molecule has 0 aromatic rings. The summed E-state index contributed by atoms with van der Waals surface area (Å²) in [7, 11) is -4.79. The van der Waals surface area contributed by atoms with Gasteiger partial charge in [-0.05, 0) is 64.0 Å². The fourth-order valence-corrected chi connectivity index (χ4v) is 15.7. The van der Waals surface area contributed by atoms with Crippen LogP contribution in [-0.2, 0) is 0 Å². The van der Waals surface area contributed by atoms with E-state index < -0.39 is 20.9 Å². The summed E-state index contributed by atoms with van der Waals surface area (Å²) in [6.07, 6.45) is 0. The largest absolute Gasteiger partial charge is 0.257 e. The molecule has 0 aromatic carbocycles. The van der Waals surface area contributed by atoms with Crippen LogP contribution in [-0.4, -0.2) is 24.2 Å². The van der Waals surface area contributed by atoms with Crippen LogP contribution in [0.4, 0.5) is 0 Å². The smallest absolute Gasteiger partial charge is 0.252 e. The minimum absolute atomic E-state index is 0.187. The van der Waals surface area contributed by atoms with E-state index in [4.69, 9.17) is 27.0 Å². The van der Waals surface area contributed by atoms with Gasteiger partial charge in [0.25, 0.3) is 5.91 Å². The van der Waals surface area contributed by atoms with E-state index in [1.807, 2.05) is 0 Å². The molecule has 4 N–H and O–H groups in total. The van der Waals surface area contributed by atoms with Crippen molar-refractivity contribution >= 4 is 43.4 Å². The van der Waals surface area contributed by atoms with Gasteiger partial charge in [0, 0.05) is 24.2 Å². The molecule has 2 heterocycles. The molecule has 1 spiro atoms. The van der Waals surface area contributed by atoms with Crippen molar-refractivity contribution in [3.8, 4) is 0 Å². The lowest BCUT2D eigenvalue weighted by Crippen LogP contribution is -2.42. The third kappa shape index (κ3) is 5.31. The minimum Gasteiger partial charge on any atom is -0.252 e. The van der Waals surface area contributed by atoms with Crippen molar-refractivity contribution in [2.24, 2.45) is 13.5 Å². The molecule has 1 fully saturated rings. The third-order valence-electron chi connectivity index (χ3n) is 2.51. The Labute approximate surface area is 143 Å². The van der Waals surface area contributed by atoms with Crippen LogP contribution in [0.1, 0.15) is 41.5 Å². The highest BCUT2D eigenvalue weighted by Gasteiger charge is 2.40. The monoisotopic (exact) mass is 407 g/mol. The average molecular weight is 408 g/mol. The topological polar surface area (TPSA) is 85.2 Å². The first-order chi connectivity index (χ1) is 9.74. The highest BCUT2D eigenvalue weighted by Crippen LogP contribution is 2.79. The lowest BCUT2D eigenvalue weighted by atomic mass is 10.1. The molecule has 0 aromatic heterocycles. The van der Waals surface area contributed by atoms with Gasteiger partial charge in [-0.25, -0.2) is 10.2 Å². The van der Waals surface area contributed by atoms with E-state index in [0.717, 1.165) is 13.1 Å². The summed E-state index contributed by atoms with van der Waals surface area (Å²) in [6, 6.07) is 0. The first-order valence-electron chi connectivity index (χ1n) is 7.14. The molecule has 2 aliphatic heterocycles. The lowest BCUT2D eigenvalue weighted by molar-refractivity contribution is 0.491. The van der Waals surface area contributed by atoms with Gasteiger partial charge in [0.1, 0.15) is 0 Å². The Bertz CT molecular complexity index is 581. The van der Waals surface area contributed by atoms with Crippen LogP contribution in [0.5, 0.6) is 0 Å². The molecule has 0 aliphatic carbocycles. The van der Waals surface area contributed by atoms with Gasteiger partial charge in [-0.3, -0.25) is 10.2 Å². The van der Waals surface area contributed by atoms with Crippen LogP contribution >= 0.6 is 43.4 Å². The number of rotatable bonds is 2. The van der Waals surface area contributed by atoms with E-state index in [0.29, 0.717) is 0 Å². The van der Waals surface area contributed by atoms with E-state index in [2.05, 4.69) is 70.9 Å². The van der Waals surface area contributed by atoms with Crippen LogP contribution in [0.25, 0.3) is 0 Å². The Morgan fingerprint density at radius 3 is 1.68 bits per heavy atom. The zero-order valence-electron chi connectivity index (χ0n) is 13.9. The van der Waals surface area contributed by atoms with Crippen molar-refractivity contribution in [3.05, 3.63) is 0 Å². The van der Waals surface area contributed by atoms with E-state index >= 15 is 0 Å². The van der Waals surface area contributed by atoms with E-state index in [-0.39, 0.29) is 11.1 Å². The molecule has 1 saturated heterocycles. The number of halogens is 2. The molecule has 2 rings (SSSR count). The molecule has 2 aliphatic rings. The molecule has 22 heavy (non-hydrogen) atoms. The van der Waals surface area contributed by atoms with Gasteiger partial charge in [0.2, 0.25) is 15.0 Å². The normalized spacial score (nSPS) is 26.2. The maximum Gasteiger partial charge on any atom is 0.257 e. The van der Waals surface area contributed by atoms with Crippen molar-refractivity contribution in [1.82, 2.24) is 20.3 Å². The standard InChI is InChI=1S/C10H26Cl2N7P3/c1-9(2,3)15-22(16-10(4,5)6)18-20(11,12)17-21(19-22)13-7-8-14-21/h13-16H,7-8H2,1-6H3. The summed E-state index contributed by atoms with van der Waals surface area (Å²) >= 11 is 12.9. The predicted molar refractivity (Wildman–Crippen MR) is 102 cm³/mol. The van der Waals surface area contributed by atoms with E-state index in [1.165, 1.54) is 0 Å². The molecule has 0 radical (unpaired) electrons. The third-order valence-corrected chi connectivity index (χ3v) is 14.1. The molecule has 0 amide bonds. The summed E-state index contributed by atoms with van der Waals surface area (Å²) in [6.45, 7) is 14.1. The summed E-state index contributed by atoms with van der Waals surface area (Å²) in [5.41, 5.74) is -0.373. The summed E-state index contributed by atoms with van der Waals surface area (Å²) in [5.74, 6) is -2.80. The maximum absolute atomic E-state index is 6.46. The zero-order chi connectivity index (χ0) is 16.9. The van der Waals surface area contributed by atoms with Crippen molar-refractivity contribution in [2.45, 2.75) is 52.6 Å². The Balaban J connectivity index is 2.64. The number of nitrogens with zero attached hydrogens (tertiary/aromatic N) is 3. The van der Waals surface area contributed by atoms with Gasteiger partial charge in [0.15, 0.2) is 0 Å². The molecule has 130 valence electrons. The SMILES string of the molecule is CC(C)(C)NP1(NC(C)(C)C)=NP(Cl)(Cl)=NP2(=N1)NCCN2. The summed E-state index contributed by atoms with van der Waals surface area (Å²) in [4.78, 5) is 0. The molecule has 0 atom stereocenters. The van der Waals surface area contributed by atoms with Crippen molar-refractivity contribution < 1.29 is 0 Å². The summed E-state index contributed by atoms with van der Waals surface area (Å²) < 4.78 is 14.2. The average Bonchev–Trinajstić information content (AvgIpc) is 2.54. The second kappa shape index (κ2) is 6.12. The van der Waals surface area contributed by atoms with Gasteiger partial charge in [-0.15, -0.1) is 0 Å². The van der Waals surface area contributed by atoms with Crippen molar-refractivity contribution in [1.29, 1.82) is 0 Å². The highest BCUT2D eigenvalue weighted by atomic mass is 35.9. The molecular weight excluding hydrogens is 382 g/mol. The van der Waals surface area contributed by atoms with Gasteiger partial charge < -0.3 is 0 Å². The Morgan fingerprint density at radius 1 is 0.818 bits per heavy atom. The quantitative estimate of drug-likeness (QED) is 0.468. The lowest BCUT2D eigenvalue weighted by Gasteiger charge is -2.39. The van der Waals surface area contributed by atoms with E-state index in [1.54, 1.807) is 0 Å². The van der Waals surface area contributed by atoms with Crippen molar-refractivity contribution in [3.63, 3.8) is 0 Å². The van der Waals surface area contributed by atoms with Gasteiger partial charge in [0.05, 0.1) is 0 Å². The Kier molecular flexibility index (Phi) is 5.41. The molecule has 0 unspecified atom stereocenters. The molecule has 0 saturated carbocycles. The number of hydrogen-bond donors (Lipinski definition) is 4. The number of nitrogens with one attached hydrogen (secondary N) is 4.